The summed E-state index contributed by atoms with van der Waals surface area (Å²) >= 11 is 12.1. The first kappa shape index (κ1) is 24.4. The number of ether oxygens (including phenoxy) is 3. The van der Waals surface area contributed by atoms with Crippen molar-refractivity contribution in [3.8, 4) is 17.2 Å². The Hall–Kier alpha value is -3.22. The van der Waals surface area contributed by atoms with E-state index in [0.29, 0.717) is 27.3 Å². The average molecular weight is 487 g/mol. The van der Waals surface area contributed by atoms with E-state index in [0.717, 1.165) is 22.3 Å². The topological polar surface area (TPSA) is 69.2 Å². The summed E-state index contributed by atoms with van der Waals surface area (Å²) in [5, 5.41) is 5.08. The Balaban J connectivity index is 1.55. The fourth-order valence-electron chi connectivity index (χ4n) is 3.05. The molecule has 1 amide bonds. The maximum atomic E-state index is 12.1. The molecule has 3 rings (SSSR count). The molecule has 0 bridgehead atoms. The van der Waals surface area contributed by atoms with E-state index in [4.69, 9.17) is 37.4 Å². The molecule has 0 heterocycles. The zero-order valence-corrected chi connectivity index (χ0v) is 20.0. The summed E-state index contributed by atoms with van der Waals surface area (Å²) in [6, 6.07) is 16.4. The number of methoxy groups -OCH3 is 1. The first-order chi connectivity index (χ1) is 15.9. The van der Waals surface area contributed by atoms with Crippen molar-refractivity contribution >= 4 is 35.3 Å². The van der Waals surface area contributed by atoms with Crippen molar-refractivity contribution in [3.05, 3.63) is 86.9 Å². The van der Waals surface area contributed by atoms with Crippen molar-refractivity contribution < 1.29 is 19.0 Å². The molecule has 0 aromatic heterocycles. The highest BCUT2D eigenvalue weighted by atomic mass is 35.5. The zero-order valence-electron chi connectivity index (χ0n) is 18.5. The number of nitrogens with zero attached hydrogens (tertiary/aromatic N) is 1. The molecule has 0 unspecified atom stereocenters. The van der Waals surface area contributed by atoms with E-state index in [9.17, 15) is 4.79 Å². The van der Waals surface area contributed by atoms with E-state index in [1.807, 2.05) is 38.1 Å². The Morgan fingerprint density at radius 3 is 2.45 bits per heavy atom. The Labute approximate surface area is 203 Å². The molecule has 0 saturated carbocycles. The molecule has 0 spiro atoms. The molecule has 0 atom stereocenters. The van der Waals surface area contributed by atoms with Gasteiger partial charge in [-0.25, -0.2) is 5.43 Å². The van der Waals surface area contributed by atoms with Gasteiger partial charge in [0, 0.05) is 15.6 Å². The van der Waals surface area contributed by atoms with Crippen LogP contribution in [0.5, 0.6) is 17.2 Å². The molecule has 0 fully saturated rings. The highest BCUT2D eigenvalue weighted by Crippen LogP contribution is 2.30. The standard InChI is InChI=1S/C25H24Cl2N2O4/c1-16-5-4-6-17(2)25(16)33-15-24(30)29-28-13-18-7-10-22(23(11-18)31-3)32-14-19-8-9-20(26)12-21(19)27/h4-13H,14-15H2,1-3H3,(H,29,30)/b28-13-. The minimum atomic E-state index is -0.360. The van der Waals surface area contributed by atoms with E-state index in [-0.39, 0.29) is 19.1 Å². The van der Waals surface area contributed by atoms with Gasteiger partial charge < -0.3 is 14.2 Å². The minimum Gasteiger partial charge on any atom is -0.493 e. The van der Waals surface area contributed by atoms with E-state index in [1.165, 1.54) is 6.21 Å². The number of benzene rings is 3. The van der Waals surface area contributed by atoms with Crippen molar-refractivity contribution in [2.24, 2.45) is 5.10 Å². The van der Waals surface area contributed by atoms with E-state index in [2.05, 4.69) is 10.5 Å². The van der Waals surface area contributed by atoms with Gasteiger partial charge in [-0.3, -0.25) is 4.79 Å². The second-order valence-corrected chi connectivity index (χ2v) is 8.08. The zero-order chi connectivity index (χ0) is 23.8. The number of hydrogen-bond acceptors (Lipinski definition) is 5. The number of rotatable bonds is 9. The summed E-state index contributed by atoms with van der Waals surface area (Å²) < 4.78 is 16.9. The molecule has 3 aromatic carbocycles. The number of carbonyl (C=O) groups is 1. The number of nitrogens with one attached hydrogen (secondary N) is 1. The Morgan fingerprint density at radius 2 is 1.76 bits per heavy atom. The van der Waals surface area contributed by atoms with Gasteiger partial charge in [0.1, 0.15) is 12.4 Å². The molecule has 0 aliphatic heterocycles. The smallest absolute Gasteiger partial charge is 0.277 e. The largest absolute Gasteiger partial charge is 0.493 e. The molecule has 0 aliphatic carbocycles. The molecular formula is C25H24Cl2N2O4. The van der Waals surface area contributed by atoms with Crippen molar-refractivity contribution in [1.82, 2.24) is 5.43 Å². The predicted octanol–water partition coefficient (Wildman–Crippen LogP) is 5.73. The number of para-hydroxylation sites is 1. The van der Waals surface area contributed by atoms with Crippen molar-refractivity contribution in [2.75, 3.05) is 13.7 Å². The number of halogens is 2. The maximum absolute atomic E-state index is 12.1. The molecule has 0 saturated heterocycles. The van der Waals surface area contributed by atoms with E-state index in [1.54, 1.807) is 37.4 Å². The Morgan fingerprint density at radius 1 is 1.00 bits per heavy atom. The quantitative estimate of drug-likeness (QED) is 0.309. The van der Waals surface area contributed by atoms with Crippen LogP contribution in [0, 0.1) is 13.8 Å². The van der Waals surface area contributed by atoms with Crippen LogP contribution in [0.25, 0.3) is 0 Å². The van der Waals surface area contributed by atoms with Gasteiger partial charge in [0.25, 0.3) is 5.91 Å². The lowest BCUT2D eigenvalue weighted by Crippen LogP contribution is -2.25. The molecule has 0 aliphatic rings. The van der Waals surface area contributed by atoms with Crippen LogP contribution in [-0.2, 0) is 11.4 Å². The van der Waals surface area contributed by atoms with Gasteiger partial charge in [0.05, 0.1) is 13.3 Å². The van der Waals surface area contributed by atoms with E-state index >= 15 is 0 Å². The van der Waals surface area contributed by atoms with Gasteiger partial charge in [-0.05, 0) is 60.9 Å². The molecule has 33 heavy (non-hydrogen) atoms. The van der Waals surface area contributed by atoms with Gasteiger partial charge in [-0.15, -0.1) is 0 Å². The normalized spacial score (nSPS) is 10.8. The summed E-state index contributed by atoms with van der Waals surface area (Å²) in [5.74, 6) is 1.41. The fraction of sp³-hybridized carbons (Fsp3) is 0.200. The molecule has 8 heteroatoms. The van der Waals surface area contributed by atoms with Gasteiger partial charge >= 0.3 is 0 Å². The monoisotopic (exact) mass is 486 g/mol. The number of carbonyl (C=O) groups excluding carboxylic acids is 1. The number of hydrazone groups is 1. The SMILES string of the molecule is COc1cc(/C=N\NC(=O)COc2c(C)cccc2C)ccc1OCc1ccc(Cl)cc1Cl. The molecule has 172 valence electrons. The summed E-state index contributed by atoms with van der Waals surface area (Å²) in [6.45, 7) is 4.00. The number of amides is 1. The fourth-order valence-corrected chi connectivity index (χ4v) is 3.52. The third kappa shape index (κ3) is 6.88. The van der Waals surface area contributed by atoms with Gasteiger partial charge in [0.15, 0.2) is 18.1 Å². The van der Waals surface area contributed by atoms with Gasteiger partial charge in [-0.1, -0.05) is 47.5 Å². The molecule has 3 aromatic rings. The maximum Gasteiger partial charge on any atom is 0.277 e. The highest BCUT2D eigenvalue weighted by molar-refractivity contribution is 6.35. The summed E-state index contributed by atoms with van der Waals surface area (Å²) in [7, 11) is 1.55. The van der Waals surface area contributed by atoms with Crippen molar-refractivity contribution in [1.29, 1.82) is 0 Å². The van der Waals surface area contributed by atoms with Crippen LogP contribution in [-0.4, -0.2) is 25.8 Å². The Kier molecular flexibility index (Phi) is 8.58. The van der Waals surface area contributed by atoms with Crippen LogP contribution in [0.1, 0.15) is 22.3 Å². The molecule has 0 radical (unpaired) electrons. The lowest BCUT2D eigenvalue weighted by molar-refractivity contribution is -0.123. The summed E-state index contributed by atoms with van der Waals surface area (Å²) in [6.07, 6.45) is 1.51. The van der Waals surface area contributed by atoms with Gasteiger partial charge in [-0.2, -0.15) is 5.10 Å². The summed E-state index contributed by atoms with van der Waals surface area (Å²) in [4.78, 5) is 12.1. The van der Waals surface area contributed by atoms with Crippen LogP contribution in [0.15, 0.2) is 59.7 Å². The summed E-state index contributed by atoms with van der Waals surface area (Å²) in [5.41, 5.74) is 5.93. The third-order valence-electron chi connectivity index (χ3n) is 4.75. The van der Waals surface area contributed by atoms with Crippen LogP contribution in [0.4, 0.5) is 0 Å². The molecular weight excluding hydrogens is 463 g/mol. The second kappa shape index (κ2) is 11.6. The molecule has 6 nitrogen and oxygen atoms in total. The lowest BCUT2D eigenvalue weighted by Gasteiger charge is -2.12. The van der Waals surface area contributed by atoms with Gasteiger partial charge in [0.2, 0.25) is 0 Å². The van der Waals surface area contributed by atoms with Crippen LogP contribution in [0.2, 0.25) is 10.0 Å². The average Bonchev–Trinajstić information content (AvgIpc) is 2.78. The first-order valence-electron chi connectivity index (χ1n) is 10.1. The first-order valence-corrected chi connectivity index (χ1v) is 10.9. The number of hydrogen-bond donors (Lipinski definition) is 1. The van der Waals surface area contributed by atoms with Crippen LogP contribution in [0.3, 0.4) is 0 Å². The predicted molar refractivity (Wildman–Crippen MR) is 131 cm³/mol. The lowest BCUT2D eigenvalue weighted by atomic mass is 10.1. The minimum absolute atomic E-state index is 0.133. The number of aryl methyl sites for hydroxylation is 2. The van der Waals surface area contributed by atoms with E-state index < -0.39 is 0 Å². The van der Waals surface area contributed by atoms with Crippen molar-refractivity contribution in [3.63, 3.8) is 0 Å². The third-order valence-corrected chi connectivity index (χ3v) is 5.33. The molecule has 1 N–H and O–H groups in total. The van der Waals surface area contributed by atoms with Crippen LogP contribution < -0.4 is 19.6 Å². The highest BCUT2D eigenvalue weighted by Gasteiger charge is 2.09. The second-order valence-electron chi connectivity index (χ2n) is 7.24. The van der Waals surface area contributed by atoms with Crippen LogP contribution >= 0.6 is 23.2 Å². The van der Waals surface area contributed by atoms with Crippen molar-refractivity contribution in [2.45, 2.75) is 20.5 Å². The Bertz CT molecular complexity index is 1140.